The van der Waals surface area contributed by atoms with E-state index in [4.69, 9.17) is 9.47 Å². The normalized spacial score (nSPS) is 15.6. The molecule has 0 spiro atoms. The topological polar surface area (TPSA) is 84.9 Å². The number of nitrogens with zero attached hydrogens (tertiary/aromatic N) is 1. The number of fused-ring (bicyclic) bond motifs is 1. The van der Waals surface area contributed by atoms with Crippen LogP contribution in [-0.4, -0.2) is 35.9 Å². The van der Waals surface area contributed by atoms with E-state index >= 15 is 0 Å². The molecule has 0 aromatic heterocycles. The third-order valence-corrected chi connectivity index (χ3v) is 5.12. The van der Waals surface area contributed by atoms with Crippen LogP contribution in [0.15, 0.2) is 48.7 Å². The van der Waals surface area contributed by atoms with Crippen molar-refractivity contribution in [3.05, 3.63) is 65.4 Å². The largest absolute Gasteiger partial charge is 0.495 e. The van der Waals surface area contributed by atoms with Crippen LogP contribution in [0.25, 0.3) is 6.08 Å². The van der Waals surface area contributed by atoms with Gasteiger partial charge in [-0.15, -0.1) is 0 Å². The third-order valence-electron chi connectivity index (χ3n) is 5.12. The number of esters is 1. The lowest BCUT2D eigenvalue weighted by atomic mass is 9.94. The van der Waals surface area contributed by atoms with Gasteiger partial charge in [-0.25, -0.2) is 0 Å². The fourth-order valence-corrected chi connectivity index (χ4v) is 3.52. The number of benzene rings is 2. The van der Waals surface area contributed by atoms with Gasteiger partial charge in [-0.3, -0.25) is 14.4 Å². The number of methoxy groups -OCH3 is 1. The van der Waals surface area contributed by atoms with Gasteiger partial charge in [-0.1, -0.05) is 30.3 Å². The molecular formula is C24H26N2O5. The molecule has 0 saturated carbocycles. The van der Waals surface area contributed by atoms with Crippen LogP contribution in [0.2, 0.25) is 0 Å². The predicted molar refractivity (Wildman–Crippen MR) is 117 cm³/mol. The highest BCUT2D eigenvalue weighted by Gasteiger charge is 2.30. The lowest BCUT2D eigenvalue weighted by Crippen LogP contribution is -2.35. The highest BCUT2D eigenvalue weighted by atomic mass is 16.5. The standard InChI is InChI=1S/C24H26N2O5/c1-15-9-10-22(30-4)20(13-15)25-24(29)16(2)31-23(28)14-21-19-8-6-5-7-18(19)11-12-26(21)17(3)27/h5-13,16,21H,14H2,1-4H3,(H,25,29)/t16-,21+/m1/s1. The van der Waals surface area contributed by atoms with E-state index in [0.717, 1.165) is 16.7 Å². The number of carbonyl (C=O) groups is 3. The first-order chi connectivity index (χ1) is 14.8. The van der Waals surface area contributed by atoms with Gasteiger partial charge in [0.15, 0.2) is 6.10 Å². The second-order valence-corrected chi connectivity index (χ2v) is 7.42. The molecule has 2 aromatic carbocycles. The number of carbonyl (C=O) groups excluding carboxylic acids is 3. The molecule has 0 bridgehead atoms. The van der Waals surface area contributed by atoms with Crippen LogP contribution >= 0.6 is 0 Å². The lowest BCUT2D eigenvalue weighted by Gasteiger charge is -2.32. The Bertz CT molecular complexity index is 1030. The van der Waals surface area contributed by atoms with E-state index in [9.17, 15) is 14.4 Å². The minimum absolute atomic E-state index is 0.0632. The summed E-state index contributed by atoms with van der Waals surface area (Å²) >= 11 is 0. The SMILES string of the molecule is COc1ccc(C)cc1NC(=O)[C@@H](C)OC(=O)C[C@H]1c2ccccc2C=CN1C(C)=O. The number of anilines is 1. The molecule has 0 aliphatic carbocycles. The first-order valence-corrected chi connectivity index (χ1v) is 10.0. The van der Waals surface area contributed by atoms with Gasteiger partial charge in [0.25, 0.3) is 5.91 Å². The Morgan fingerprint density at radius 1 is 1.16 bits per heavy atom. The van der Waals surface area contributed by atoms with Gasteiger partial charge >= 0.3 is 5.97 Å². The van der Waals surface area contributed by atoms with Crippen LogP contribution < -0.4 is 10.1 Å². The van der Waals surface area contributed by atoms with E-state index in [2.05, 4.69) is 5.32 Å². The average molecular weight is 422 g/mol. The number of hydrogen-bond acceptors (Lipinski definition) is 5. The molecule has 162 valence electrons. The first kappa shape index (κ1) is 22.1. The van der Waals surface area contributed by atoms with E-state index in [1.54, 1.807) is 18.3 Å². The summed E-state index contributed by atoms with van der Waals surface area (Å²) in [7, 11) is 1.51. The third kappa shape index (κ3) is 5.12. The highest BCUT2D eigenvalue weighted by Crippen LogP contribution is 2.33. The molecular weight excluding hydrogens is 396 g/mol. The van der Waals surface area contributed by atoms with Crippen molar-refractivity contribution < 1.29 is 23.9 Å². The summed E-state index contributed by atoms with van der Waals surface area (Å²) < 4.78 is 10.6. The van der Waals surface area contributed by atoms with Crippen molar-refractivity contribution in [3.8, 4) is 5.75 Å². The molecule has 2 aromatic rings. The van der Waals surface area contributed by atoms with Gasteiger partial charge in [-0.2, -0.15) is 0 Å². The zero-order valence-corrected chi connectivity index (χ0v) is 18.0. The van der Waals surface area contributed by atoms with E-state index in [0.29, 0.717) is 11.4 Å². The van der Waals surface area contributed by atoms with Crippen molar-refractivity contribution in [3.63, 3.8) is 0 Å². The van der Waals surface area contributed by atoms with Crippen LogP contribution in [0.4, 0.5) is 5.69 Å². The summed E-state index contributed by atoms with van der Waals surface area (Å²) in [6, 6.07) is 12.5. The molecule has 0 unspecified atom stereocenters. The summed E-state index contributed by atoms with van der Waals surface area (Å²) in [5.74, 6) is -0.703. The molecule has 3 rings (SSSR count). The summed E-state index contributed by atoms with van der Waals surface area (Å²) in [5.41, 5.74) is 3.26. The van der Waals surface area contributed by atoms with Crippen LogP contribution in [0.1, 0.15) is 43.0 Å². The van der Waals surface area contributed by atoms with Gasteiger partial charge in [0.1, 0.15) is 5.75 Å². The molecule has 0 saturated heterocycles. The Morgan fingerprint density at radius 3 is 2.61 bits per heavy atom. The van der Waals surface area contributed by atoms with E-state index in [-0.39, 0.29) is 12.3 Å². The Hall–Kier alpha value is -3.61. The highest BCUT2D eigenvalue weighted by molar-refractivity contribution is 5.96. The van der Waals surface area contributed by atoms with Crippen LogP contribution in [0.3, 0.4) is 0 Å². The van der Waals surface area contributed by atoms with Gasteiger partial charge < -0.3 is 19.7 Å². The van der Waals surface area contributed by atoms with Crippen LogP contribution in [0, 0.1) is 6.92 Å². The molecule has 2 atom stereocenters. The smallest absolute Gasteiger partial charge is 0.309 e. The van der Waals surface area contributed by atoms with Gasteiger partial charge in [0.05, 0.1) is 25.3 Å². The maximum Gasteiger partial charge on any atom is 0.309 e. The summed E-state index contributed by atoms with van der Waals surface area (Å²) in [4.78, 5) is 38.8. The van der Waals surface area contributed by atoms with Crippen molar-refractivity contribution in [1.82, 2.24) is 4.90 Å². The first-order valence-electron chi connectivity index (χ1n) is 10.0. The minimum Gasteiger partial charge on any atom is -0.495 e. The number of amides is 2. The number of ether oxygens (including phenoxy) is 2. The summed E-state index contributed by atoms with van der Waals surface area (Å²) in [6.07, 6.45) is 2.43. The molecule has 1 heterocycles. The van der Waals surface area contributed by atoms with E-state index in [1.165, 1.54) is 25.9 Å². The van der Waals surface area contributed by atoms with Gasteiger partial charge in [0, 0.05) is 13.1 Å². The fourth-order valence-electron chi connectivity index (χ4n) is 3.52. The summed E-state index contributed by atoms with van der Waals surface area (Å²) in [6.45, 7) is 4.85. The Kier molecular flexibility index (Phi) is 6.74. The summed E-state index contributed by atoms with van der Waals surface area (Å²) in [5, 5.41) is 2.74. The minimum atomic E-state index is -1.02. The number of hydrogen-bond donors (Lipinski definition) is 1. The molecule has 1 N–H and O–H groups in total. The van der Waals surface area contributed by atoms with Crippen molar-refractivity contribution in [1.29, 1.82) is 0 Å². The Morgan fingerprint density at radius 2 is 1.90 bits per heavy atom. The second-order valence-electron chi connectivity index (χ2n) is 7.42. The molecule has 7 nitrogen and oxygen atoms in total. The van der Waals surface area contributed by atoms with Gasteiger partial charge in [0.2, 0.25) is 5.91 Å². The van der Waals surface area contributed by atoms with Crippen molar-refractivity contribution in [2.75, 3.05) is 12.4 Å². The second kappa shape index (κ2) is 9.47. The lowest BCUT2D eigenvalue weighted by molar-refractivity contribution is -0.154. The fraction of sp³-hybridized carbons (Fsp3) is 0.292. The molecule has 2 amide bonds. The monoisotopic (exact) mass is 422 g/mol. The molecule has 1 aliphatic heterocycles. The Labute approximate surface area is 181 Å². The maximum absolute atomic E-state index is 12.6. The molecule has 7 heteroatoms. The predicted octanol–water partition coefficient (Wildman–Crippen LogP) is 3.84. The van der Waals surface area contributed by atoms with Crippen LogP contribution in [0.5, 0.6) is 5.75 Å². The van der Waals surface area contributed by atoms with E-state index < -0.39 is 24.0 Å². The molecule has 0 radical (unpaired) electrons. The number of nitrogens with one attached hydrogen (secondary N) is 1. The van der Waals surface area contributed by atoms with Crippen molar-refractivity contribution >= 4 is 29.5 Å². The quantitative estimate of drug-likeness (QED) is 0.715. The zero-order valence-electron chi connectivity index (χ0n) is 18.0. The molecule has 0 fully saturated rings. The average Bonchev–Trinajstić information content (AvgIpc) is 2.73. The van der Waals surface area contributed by atoms with Crippen molar-refractivity contribution in [2.24, 2.45) is 0 Å². The van der Waals surface area contributed by atoms with Crippen molar-refractivity contribution in [2.45, 2.75) is 39.3 Å². The van der Waals surface area contributed by atoms with E-state index in [1.807, 2.05) is 43.3 Å². The number of aryl methyl sites for hydroxylation is 1. The van der Waals surface area contributed by atoms with Crippen LogP contribution in [-0.2, 0) is 19.1 Å². The molecule has 1 aliphatic rings. The maximum atomic E-state index is 12.6. The Balaban J connectivity index is 1.68. The molecule has 31 heavy (non-hydrogen) atoms. The number of rotatable bonds is 6. The zero-order chi connectivity index (χ0) is 22.5. The van der Waals surface area contributed by atoms with Gasteiger partial charge in [-0.05, 0) is 48.7 Å².